The number of pyridine rings is 2. The predicted octanol–water partition coefficient (Wildman–Crippen LogP) is 4.09. The minimum absolute atomic E-state index is 0. The second-order valence-corrected chi connectivity index (χ2v) is 8.60. The molecule has 1 aromatic carbocycles. The van der Waals surface area contributed by atoms with E-state index in [4.69, 9.17) is 17.5 Å². The number of nitro benzene ring substituents is 1. The number of benzene rings is 1. The maximum absolute atomic E-state index is 11.0. The van der Waals surface area contributed by atoms with Gasteiger partial charge in [0.1, 0.15) is 5.52 Å². The maximum atomic E-state index is 11.0. The first-order valence-electron chi connectivity index (χ1n) is 10.2. The zero-order chi connectivity index (χ0) is 25.8. The topological polar surface area (TPSA) is 181 Å². The number of hydrogen-bond acceptors (Lipinski definition) is 8. The third kappa shape index (κ3) is 8.49. The van der Waals surface area contributed by atoms with Crippen molar-refractivity contribution in [2.75, 3.05) is 0 Å². The van der Waals surface area contributed by atoms with Crippen LogP contribution in [-0.4, -0.2) is 37.9 Å². The molecule has 0 atom stereocenters. The number of fused-ring (bicyclic) bond motifs is 3. The zero-order valence-electron chi connectivity index (χ0n) is 20.6. The summed E-state index contributed by atoms with van der Waals surface area (Å²) in [5.41, 5.74) is 1.32. The Bertz CT molecular complexity index is 1190. The Morgan fingerprint density at radius 1 is 0.750 bits per heavy atom. The molecule has 0 amide bonds. The van der Waals surface area contributed by atoms with Gasteiger partial charge < -0.3 is 14.6 Å². The van der Waals surface area contributed by atoms with Gasteiger partial charge in [-0.25, -0.2) is 0 Å². The van der Waals surface area contributed by atoms with E-state index in [0.29, 0.717) is 16.4 Å². The van der Waals surface area contributed by atoms with Crippen LogP contribution in [0.4, 0.5) is 5.69 Å². The fourth-order valence-corrected chi connectivity index (χ4v) is 3.60. The molecule has 0 aliphatic heterocycles. The molecule has 1 fully saturated rings. The van der Waals surface area contributed by atoms with Crippen molar-refractivity contribution in [3.05, 3.63) is 88.3 Å². The fraction of sp³-hybridized carbons (Fsp3) is 0.250. The van der Waals surface area contributed by atoms with Crippen molar-refractivity contribution in [2.24, 2.45) is 0 Å². The number of nitro groups is 1. The second kappa shape index (κ2) is 14.0. The summed E-state index contributed by atoms with van der Waals surface area (Å²) in [4.78, 5) is 19.0. The Kier molecular flexibility index (Phi) is 13.2. The van der Waals surface area contributed by atoms with Gasteiger partial charge >= 0.3 is 19.5 Å². The number of hydrogen-bond donors (Lipinski definition) is 0. The molecule has 12 heteroatoms. The van der Waals surface area contributed by atoms with Crippen molar-refractivity contribution in [2.45, 2.75) is 41.5 Å². The van der Waals surface area contributed by atoms with Crippen LogP contribution in [0.15, 0.2) is 42.7 Å². The van der Waals surface area contributed by atoms with Gasteiger partial charge in [-0.2, -0.15) is 0 Å². The van der Waals surface area contributed by atoms with E-state index in [2.05, 4.69) is 51.5 Å². The molecule has 2 N–H and O–H groups in total. The van der Waals surface area contributed by atoms with E-state index in [1.54, 1.807) is 36.7 Å². The average Bonchev–Trinajstić information content (AvgIpc) is 2.79. The normalized spacial score (nSPS) is 16.2. The Hall–Kier alpha value is -2.11. The minimum atomic E-state index is -5.17. The SMILES string of the molecule is C[C]1[C](C)[C](C)[C](C)[C](C)[C]1C.O.O=S(=O)([O-])[O-].O=[N+]([O-])c1cc2cccnc2c2ncccc12.[Ru+2]. The summed E-state index contributed by atoms with van der Waals surface area (Å²) in [6.07, 6.45) is 3.27. The van der Waals surface area contributed by atoms with Crippen LogP contribution in [0.3, 0.4) is 0 Å². The van der Waals surface area contributed by atoms with Gasteiger partial charge in [-0.1, -0.05) is 47.6 Å². The van der Waals surface area contributed by atoms with Gasteiger partial charge in [0.05, 0.1) is 15.8 Å². The first-order chi connectivity index (χ1) is 15.7. The van der Waals surface area contributed by atoms with Crippen LogP contribution in [0, 0.1) is 45.6 Å². The van der Waals surface area contributed by atoms with Gasteiger partial charge in [-0.15, -0.1) is 0 Å². The Labute approximate surface area is 224 Å². The smallest absolute Gasteiger partial charge is 0.759 e. The summed E-state index contributed by atoms with van der Waals surface area (Å²) in [5.74, 6) is 8.73. The van der Waals surface area contributed by atoms with Gasteiger partial charge in [0.2, 0.25) is 0 Å². The van der Waals surface area contributed by atoms with E-state index < -0.39 is 15.3 Å². The van der Waals surface area contributed by atoms with Gasteiger partial charge in [0.25, 0.3) is 5.69 Å². The first-order valence-corrected chi connectivity index (χ1v) is 11.5. The van der Waals surface area contributed by atoms with Gasteiger partial charge in [0.15, 0.2) is 0 Å². The summed E-state index contributed by atoms with van der Waals surface area (Å²) in [7, 11) is -5.17. The number of non-ortho nitro benzene ring substituents is 1. The van der Waals surface area contributed by atoms with E-state index in [9.17, 15) is 10.1 Å². The maximum Gasteiger partial charge on any atom is 2.00 e. The summed E-state index contributed by atoms with van der Waals surface area (Å²) in [6.45, 7) is 13.3. The van der Waals surface area contributed by atoms with Crippen LogP contribution in [0.5, 0.6) is 0 Å². The van der Waals surface area contributed by atoms with Gasteiger partial charge in [0, 0.05) is 34.2 Å². The molecule has 0 bridgehead atoms. The van der Waals surface area contributed by atoms with Crippen LogP contribution in [-0.2, 0) is 29.9 Å². The molecule has 6 radical (unpaired) electrons. The number of nitrogens with zero attached hydrogens (tertiary/aromatic N) is 3. The Morgan fingerprint density at radius 2 is 1.11 bits per heavy atom. The standard InChI is InChI=1S/C12H7N3O2.C12H18.H2O4S.H2O.Ru/c16-15(17)10-7-8-3-1-5-13-11(8)12-9(10)4-2-6-14-12;1-7-8(2)10(4)12(6)11(5)9(7)3;1-5(2,3)4;;/h1-7H;1-6H3;(H2,1,2,3,4);1H2;/q;;;;+2/p-2. The third-order valence-corrected chi connectivity index (χ3v) is 6.01. The molecule has 10 nitrogen and oxygen atoms in total. The molecule has 0 unspecified atom stereocenters. The number of rotatable bonds is 1. The van der Waals surface area contributed by atoms with E-state index in [1.165, 1.54) is 41.6 Å². The summed E-state index contributed by atoms with van der Waals surface area (Å²) < 4.78 is 34.1. The quantitative estimate of drug-likeness (QED) is 0.0997. The first kappa shape index (κ1) is 33.9. The molecule has 1 saturated carbocycles. The minimum Gasteiger partial charge on any atom is -0.759 e. The molecular weight excluding hydrogens is 575 g/mol. The van der Waals surface area contributed by atoms with E-state index in [0.717, 1.165) is 5.39 Å². The van der Waals surface area contributed by atoms with Crippen molar-refractivity contribution in [1.82, 2.24) is 9.97 Å². The zero-order valence-corrected chi connectivity index (χ0v) is 23.1. The van der Waals surface area contributed by atoms with E-state index >= 15 is 0 Å². The molecule has 0 saturated heterocycles. The molecule has 2 heterocycles. The fourth-order valence-electron chi connectivity index (χ4n) is 3.60. The molecule has 0 spiro atoms. The molecule has 1 aliphatic carbocycles. The Balaban J connectivity index is 0.000000570. The van der Waals surface area contributed by atoms with Crippen LogP contribution < -0.4 is 0 Å². The van der Waals surface area contributed by atoms with Crippen molar-refractivity contribution < 1.29 is 47.4 Å². The van der Waals surface area contributed by atoms with E-state index in [1.807, 2.05) is 0 Å². The summed E-state index contributed by atoms with van der Waals surface area (Å²) >= 11 is 0. The largest absolute Gasteiger partial charge is 2.00 e. The van der Waals surface area contributed by atoms with Crippen molar-refractivity contribution >= 4 is 37.9 Å². The van der Waals surface area contributed by atoms with E-state index in [-0.39, 0.29) is 30.6 Å². The molecular formula is C24H27N3O7RuS. The summed E-state index contributed by atoms with van der Waals surface area (Å²) in [6, 6.07) is 8.45. The van der Waals surface area contributed by atoms with Crippen LogP contribution >= 0.6 is 0 Å². The molecule has 1 aliphatic rings. The molecule has 36 heavy (non-hydrogen) atoms. The van der Waals surface area contributed by atoms with Crippen molar-refractivity contribution in [3.8, 4) is 0 Å². The molecule has 4 rings (SSSR count). The van der Waals surface area contributed by atoms with Crippen molar-refractivity contribution in [1.29, 1.82) is 0 Å². The third-order valence-electron chi connectivity index (χ3n) is 6.01. The predicted molar refractivity (Wildman–Crippen MR) is 131 cm³/mol. The van der Waals surface area contributed by atoms with Crippen LogP contribution in [0.2, 0.25) is 0 Å². The molecule has 3 aromatic rings. The van der Waals surface area contributed by atoms with Gasteiger partial charge in [-0.05, 0) is 53.7 Å². The van der Waals surface area contributed by atoms with Crippen LogP contribution in [0.25, 0.3) is 21.8 Å². The second-order valence-electron chi connectivity index (χ2n) is 7.79. The van der Waals surface area contributed by atoms with Crippen LogP contribution in [0.1, 0.15) is 41.5 Å². The average molecular weight is 603 g/mol. The molecule has 2 aromatic heterocycles. The summed E-state index contributed by atoms with van der Waals surface area (Å²) in [5, 5.41) is 12.3. The Morgan fingerprint density at radius 3 is 1.50 bits per heavy atom. The van der Waals surface area contributed by atoms with Crippen molar-refractivity contribution in [3.63, 3.8) is 0 Å². The molecule has 194 valence electrons. The monoisotopic (exact) mass is 603 g/mol. The number of aromatic nitrogens is 2. The van der Waals surface area contributed by atoms with Gasteiger partial charge in [-0.3, -0.25) is 28.5 Å².